The molecule has 0 aromatic heterocycles. The number of halogens is 2. The Morgan fingerprint density at radius 2 is 1.88 bits per heavy atom. The summed E-state index contributed by atoms with van der Waals surface area (Å²) in [6.07, 6.45) is 11.0. The molecule has 0 heterocycles. The lowest BCUT2D eigenvalue weighted by molar-refractivity contribution is 0.294. The van der Waals surface area contributed by atoms with Crippen molar-refractivity contribution in [3.05, 3.63) is 41.0 Å². The van der Waals surface area contributed by atoms with Crippen LogP contribution in [0.25, 0.3) is 0 Å². The number of fused-ring (bicyclic) bond motifs is 1. The molecule has 1 aromatic carbocycles. The highest BCUT2D eigenvalue weighted by Crippen LogP contribution is 2.50. The number of hydrogen-bond acceptors (Lipinski definition) is 1. The maximum absolute atomic E-state index is 14.3. The van der Waals surface area contributed by atoms with E-state index in [1.807, 2.05) is 6.92 Å². The summed E-state index contributed by atoms with van der Waals surface area (Å²) in [5.74, 6) is 0.819. The van der Waals surface area contributed by atoms with Gasteiger partial charge in [0.15, 0.2) is 11.6 Å². The van der Waals surface area contributed by atoms with Crippen molar-refractivity contribution in [1.82, 2.24) is 0 Å². The zero-order valence-corrected chi connectivity index (χ0v) is 15.5. The molecular formula is C22H30F2O. The van der Waals surface area contributed by atoms with Gasteiger partial charge in [0.2, 0.25) is 5.82 Å². The summed E-state index contributed by atoms with van der Waals surface area (Å²) in [6, 6.07) is 3.26. The first-order chi connectivity index (χ1) is 12.2. The van der Waals surface area contributed by atoms with Gasteiger partial charge in [-0.2, -0.15) is 4.39 Å². The molecule has 2 aliphatic rings. The third-order valence-corrected chi connectivity index (χ3v) is 6.03. The van der Waals surface area contributed by atoms with Gasteiger partial charge in [-0.05, 0) is 67.9 Å². The molecule has 0 amide bonds. The summed E-state index contributed by atoms with van der Waals surface area (Å²) in [5.41, 5.74) is 1.95. The highest BCUT2D eigenvalue weighted by Gasteiger charge is 2.39. The van der Waals surface area contributed by atoms with Crippen molar-refractivity contribution in [2.45, 2.75) is 65.2 Å². The van der Waals surface area contributed by atoms with Gasteiger partial charge in [0.1, 0.15) is 0 Å². The molecule has 1 aromatic rings. The van der Waals surface area contributed by atoms with Crippen LogP contribution in [0.5, 0.6) is 5.75 Å². The number of allylic oxidation sites excluding steroid dienone is 2. The first-order valence-electron chi connectivity index (χ1n) is 9.94. The molecule has 3 rings (SSSR count). The Kier molecular flexibility index (Phi) is 6.14. The largest absolute Gasteiger partial charge is 0.490 e. The molecule has 3 atom stereocenters. The molecule has 0 spiro atoms. The number of rotatable bonds is 8. The summed E-state index contributed by atoms with van der Waals surface area (Å²) in [5, 5.41) is 0. The van der Waals surface area contributed by atoms with Gasteiger partial charge in [-0.3, -0.25) is 0 Å². The third kappa shape index (κ3) is 3.91. The number of benzene rings is 1. The van der Waals surface area contributed by atoms with Crippen LogP contribution in [0, 0.1) is 29.4 Å². The lowest BCUT2D eigenvalue weighted by Gasteiger charge is -2.19. The van der Waals surface area contributed by atoms with Crippen LogP contribution >= 0.6 is 0 Å². The summed E-state index contributed by atoms with van der Waals surface area (Å²) >= 11 is 0. The van der Waals surface area contributed by atoms with Gasteiger partial charge in [0.25, 0.3) is 0 Å². The molecule has 138 valence electrons. The topological polar surface area (TPSA) is 9.23 Å². The molecule has 0 radical (unpaired) electrons. The van der Waals surface area contributed by atoms with Crippen molar-refractivity contribution in [2.24, 2.45) is 17.8 Å². The van der Waals surface area contributed by atoms with Gasteiger partial charge in [-0.1, -0.05) is 44.4 Å². The van der Waals surface area contributed by atoms with E-state index in [4.69, 9.17) is 4.74 Å². The summed E-state index contributed by atoms with van der Waals surface area (Å²) in [7, 11) is 0. The molecule has 0 aliphatic heterocycles. The Balaban J connectivity index is 1.60. The number of aryl methyl sites for hydroxylation is 1. The van der Waals surface area contributed by atoms with Crippen molar-refractivity contribution < 1.29 is 13.5 Å². The molecule has 1 fully saturated rings. The molecule has 2 aliphatic carbocycles. The fraction of sp³-hybridized carbons (Fsp3) is 0.636. The van der Waals surface area contributed by atoms with Crippen molar-refractivity contribution in [3.8, 4) is 5.75 Å². The number of ether oxygens (including phenoxy) is 1. The molecule has 1 nitrogen and oxygen atoms in total. The van der Waals surface area contributed by atoms with E-state index in [0.29, 0.717) is 24.5 Å². The van der Waals surface area contributed by atoms with Crippen LogP contribution in [-0.4, -0.2) is 6.61 Å². The second-order valence-electron chi connectivity index (χ2n) is 7.61. The summed E-state index contributed by atoms with van der Waals surface area (Å²) in [4.78, 5) is 0. The Morgan fingerprint density at radius 3 is 2.64 bits per heavy atom. The van der Waals surface area contributed by atoms with Gasteiger partial charge < -0.3 is 4.74 Å². The third-order valence-electron chi connectivity index (χ3n) is 6.03. The lowest BCUT2D eigenvalue weighted by Crippen LogP contribution is -2.11. The predicted octanol–water partition coefficient (Wildman–Crippen LogP) is 6.46. The van der Waals surface area contributed by atoms with E-state index in [2.05, 4.69) is 13.0 Å². The molecule has 3 unspecified atom stereocenters. The van der Waals surface area contributed by atoms with E-state index in [0.717, 1.165) is 24.7 Å². The second-order valence-corrected chi connectivity index (χ2v) is 7.61. The molecule has 1 saturated carbocycles. The molecule has 25 heavy (non-hydrogen) atoms. The minimum atomic E-state index is -0.840. The summed E-state index contributed by atoms with van der Waals surface area (Å²) in [6.45, 7) is 4.62. The lowest BCUT2D eigenvalue weighted by atomic mass is 9.85. The Morgan fingerprint density at radius 1 is 1.04 bits per heavy atom. The molecule has 0 bridgehead atoms. The number of hydrogen-bond donors (Lipinski definition) is 0. The second kappa shape index (κ2) is 8.33. The van der Waals surface area contributed by atoms with E-state index in [-0.39, 0.29) is 5.75 Å². The van der Waals surface area contributed by atoms with Crippen LogP contribution in [-0.2, 0) is 6.42 Å². The maximum atomic E-state index is 14.3. The van der Waals surface area contributed by atoms with Crippen LogP contribution < -0.4 is 4.74 Å². The van der Waals surface area contributed by atoms with Gasteiger partial charge in [0.05, 0.1) is 6.61 Å². The fourth-order valence-electron chi connectivity index (χ4n) is 4.79. The molecule has 0 N–H and O–H groups in total. The van der Waals surface area contributed by atoms with Crippen molar-refractivity contribution in [1.29, 1.82) is 0 Å². The minimum Gasteiger partial charge on any atom is -0.490 e. The smallest absolute Gasteiger partial charge is 0.200 e. The molecular weight excluding hydrogens is 318 g/mol. The highest BCUT2D eigenvalue weighted by atomic mass is 19.2. The Labute approximate surface area is 150 Å². The van der Waals surface area contributed by atoms with E-state index < -0.39 is 11.6 Å². The van der Waals surface area contributed by atoms with Crippen LogP contribution in [0.15, 0.2) is 23.8 Å². The van der Waals surface area contributed by atoms with Crippen LogP contribution in [0.1, 0.15) is 64.4 Å². The zero-order chi connectivity index (χ0) is 17.8. The highest BCUT2D eigenvalue weighted by molar-refractivity contribution is 5.32. The van der Waals surface area contributed by atoms with Crippen molar-refractivity contribution in [3.63, 3.8) is 0 Å². The monoisotopic (exact) mass is 348 g/mol. The van der Waals surface area contributed by atoms with Gasteiger partial charge in [0, 0.05) is 0 Å². The van der Waals surface area contributed by atoms with E-state index >= 15 is 0 Å². The molecule has 3 heteroatoms. The zero-order valence-electron chi connectivity index (χ0n) is 15.5. The van der Waals surface area contributed by atoms with Gasteiger partial charge in [-0.25, -0.2) is 4.39 Å². The predicted molar refractivity (Wildman–Crippen MR) is 97.8 cm³/mol. The minimum absolute atomic E-state index is 0.0291. The average Bonchev–Trinajstić information content (AvgIpc) is 3.19. The van der Waals surface area contributed by atoms with Crippen LogP contribution in [0.4, 0.5) is 8.78 Å². The van der Waals surface area contributed by atoms with Crippen LogP contribution in [0.3, 0.4) is 0 Å². The van der Waals surface area contributed by atoms with E-state index in [9.17, 15) is 8.78 Å². The van der Waals surface area contributed by atoms with Gasteiger partial charge >= 0.3 is 0 Å². The Hall–Kier alpha value is -1.38. The SMILES string of the molecule is CCCOc1ccc(CCC2=CCC3C(CCC)CCC23)c(F)c1F. The van der Waals surface area contributed by atoms with E-state index in [1.165, 1.54) is 37.7 Å². The maximum Gasteiger partial charge on any atom is 0.200 e. The quantitative estimate of drug-likeness (QED) is 0.490. The Bertz CT molecular complexity index is 623. The van der Waals surface area contributed by atoms with Gasteiger partial charge in [-0.15, -0.1) is 0 Å². The van der Waals surface area contributed by atoms with Crippen molar-refractivity contribution in [2.75, 3.05) is 6.61 Å². The van der Waals surface area contributed by atoms with Crippen LogP contribution in [0.2, 0.25) is 0 Å². The van der Waals surface area contributed by atoms with E-state index in [1.54, 1.807) is 12.1 Å². The summed E-state index contributed by atoms with van der Waals surface area (Å²) < 4.78 is 33.7. The normalized spacial score (nSPS) is 25.1. The fourth-order valence-corrected chi connectivity index (χ4v) is 4.79. The molecule has 0 saturated heterocycles. The average molecular weight is 348 g/mol. The van der Waals surface area contributed by atoms with Crippen molar-refractivity contribution >= 4 is 0 Å². The first-order valence-corrected chi connectivity index (χ1v) is 9.94. The standard InChI is InChI=1S/C22H30F2O/c1-3-5-15-8-11-19-16(9-12-18(15)19)6-7-17-10-13-20(25-14-4-2)22(24)21(17)23/h9-10,13,15,18-19H,3-8,11-12,14H2,1-2H3. The first kappa shape index (κ1) is 18.4.